The van der Waals surface area contributed by atoms with Crippen molar-refractivity contribution in [1.29, 1.82) is 0 Å². The number of halogens is 1. The molecule has 3 aromatic carbocycles. The summed E-state index contributed by atoms with van der Waals surface area (Å²) < 4.78 is 27.9. The molecular formula is C29H30FN5O4. The summed E-state index contributed by atoms with van der Waals surface area (Å²) in [6, 6.07) is 19.3. The maximum Gasteiger partial charge on any atom is 0.247 e. The van der Waals surface area contributed by atoms with Crippen LogP contribution < -0.4 is 10.1 Å². The van der Waals surface area contributed by atoms with Gasteiger partial charge in [-0.3, -0.25) is 9.59 Å². The van der Waals surface area contributed by atoms with Gasteiger partial charge in [0.05, 0.1) is 25.3 Å². The van der Waals surface area contributed by atoms with E-state index in [-0.39, 0.29) is 31.3 Å². The molecule has 1 aliphatic heterocycles. The van der Waals surface area contributed by atoms with Crippen LogP contribution in [0.4, 0.5) is 4.39 Å². The summed E-state index contributed by atoms with van der Waals surface area (Å²) in [7, 11) is 1.54. The predicted molar refractivity (Wildman–Crippen MR) is 142 cm³/mol. The quantitative estimate of drug-likeness (QED) is 0.336. The molecule has 0 aliphatic carbocycles. The van der Waals surface area contributed by atoms with E-state index in [0.717, 1.165) is 12.8 Å². The van der Waals surface area contributed by atoms with E-state index in [1.54, 1.807) is 24.3 Å². The number of aromatic nitrogens is 3. The topological polar surface area (TPSA) is 98.6 Å². The Morgan fingerprint density at radius 3 is 2.69 bits per heavy atom. The lowest BCUT2D eigenvalue weighted by molar-refractivity contribution is -0.142. The van der Waals surface area contributed by atoms with Crippen LogP contribution in [0.5, 0.6) is 5.75 Å². The molecule has 1 saturated heterocycles. The van der Waals surface area contributed by atoms with Gasteiger partial charge >= 0.3 is 0 Å². The second kappa shape index (κ2) is 12.0. The molecule has 0 radical (unpaired) electrons. The van der Waals surface area contributed by atoms with Crippen LogP contribution in [0.2, 0.25) is 0 Å². The van der Waals surface area contributed by atoms with Gasteiger partial charge in [0.25, 0.3) is 0 Å². The first-order valence-electron chi connectivity index (χ1n) is 12.9. The van der Waals surface area contributed by atoms with Crippen LogP contribution in [0.1, 0.15) is 30.0 Å². The molecule has 0 bridgehead atoms. The van der Waals surface area contributed by atoms with Crippen molar-refractivity contribution in [3.8, 4) is 5.75 Å². The van der Waals surface area contributed by atoms with E-state index in [0.29, 0.717) is 29.0 Å². The largest absolute Gasteiger partial charge is 0.496 e. The summed E-state index contributed by atoms with van der Waals surface area (Å²) in [6.07, 6.45) is 1.63. The smallest absolute Gasteiger partial charge is 0.247 e. The maximum absolute atomic E-state index is 15.2. The molecule has 0 unspecified atom stereocenters. The third-order valence-corrected chi connectivity index (χ3v) is 6.85. The number of benzene rings is 3. The number of amides is 2. The van der Waals surface area contributed by atoms with Crippen molar-refractivity contribution in [1.82, 2.24) is 25.2 Å². The number of carbonyl (C=O) groups is 2. The van der Waals surface area contributed by atoms with Gasteiger partial charge in [0, 0.05) is 24.3 Å². The first kappa shape index (κ1) is 26.3. The Morgan fingerprint density at radius 1 is 1.13 bits per heavy atom. The molecule has 1 aromatic heterocycles. The van der Waals surface area contributed by atoms with Gasteiger partial charge in [0.2, 0.25) is 11.8 Å². The van der Waals surface area contributed by atoms with Crippen LogP contribution in [0.3, 0.4) is 0 Å². The molecule has 0 saturated carbocycles. The number of nitrogens with one attached hydrogen (secondary N) is 1. The Morgan fingerprint density at radius 2 is 1.90 bits per heavy atom. The van der Waals surface area contributed by atoms with Crippen LogP contribution >= 0.6 is 0 Å². The van der Waals surface area contributed by atoms with E-state index in [1.807, 2.05) is 36.4 Å². The minimum atomic E-state index is -1.25. The highest BCUT2D eigenvalue weighted by Crippen LogP contribution is 2.29. The zero-order valence-corrected chi connectivity index (χ0v) is 21.6. The number of carbonyl (C=O) groups excluding carboxylic acids is 2. The number of fused-ring (bicyclic) bond motifs is 1. The molecule has 1 N–H and O–H groups in total. The summed E-state index contributed by atoms with van der Waals surface area (Å²) in [6.45, 7) is 0.719. The summed E-state index contributed by atoms with van der Waals surface area (Å²) >= 11 is 0. The van der Waals surface area contributed by atoms with Crippen LogP contribution in [0.25, 0.3) is 11.0 Å². The SMILES string of the molecule is COc1ccccc1CN(C(=O)Cn1nnc2ccccc21)[C@@H](C(=O)NC[C@@H]1CCCO1)c1ccccc1F. The molecule has 2 atom stereocenters. The van der Waals surface area contributed by atoms with E-state index < -0.39 is 23.7 Å². The first-order valence-corrected chi connectivity index (χ1v) is 12.9. The van der Waals surface area contributed by atoms with E-state index in [1.165, 1.54) is 28.8 Å². The molecular weight excluding hydrogens is 501 g/mol. The van der Waals surface area contributed by atoms with Crippen molar-refractivity contribution in [2.45, 2.75) is 38.1 Å². The molecule has 5 rings (SSSR count). The molecule has 1 aliphatic rings. The van der Waals surface area contributed by atoms with Gasteiger partial charge in [0.1, 0.15) is 29.7 Å². The number of rotatable bonds is 10. The van der Waals surface area contributed by atoms with Crippen LogP contribution in [-0.2, 0) is 27.4 Å². The summed E-state index contributed by atoms with van der Waals surface area (Å²) in [5, 5.41) is 11.2. The highest BCUT2D eigenvalue weighted by molar-refractivity contribution is 5.89. The predicted octanol–water partition coefficient (Wildman–Crippen LogP) is 3.64. The number of nitrogens with zero attached hydrogens (tertiary/aromatic N) is 4. The number of ether oxygens (including phenoxy) is 2. The fraction of sp³-hybridized carbons (Fsp3) is 0.310. The lowest BCUT2D eigenvalue weighted by atomic mass is 10.0. The van der Waals surface area contributed by atoms with Crippen molar-refractivity contribution in [3.05, 3.63) is 89.7 Å². The van der Waals surface area contributed by atoms with E-state index >= 15 is 4.39 Å². The molecule has 4 aromatic rings. The molecule has 202 valence electrons. The summed E-state index contributed by atoms with van der Waals surface area (Å²) in [5.41, 5.74) is 2.08. The molecule has 2 heterocycles. The van der Waals surface area contributed by atoms with Crippen molar-refractivity contribution in [2.24, 2.45) is 0 Å². The Kier molecular flexibility index (Phi) is 8.12. The van der Waals surface area contributed by atoms with Gasteiger partial charge in [-0.25, -0.2) is 9.07 Å². The second-order valence-corrected chi connectivity index (χ2v) is 9.37. The van der Waals surface area contributed by atoms with E-state index in [4.69, 9.17) is 9.47 Å². The average molecular weight is 532 g/mol. The number of methoxy groups -OCH3 is 1. The normalized spacial score (nSPS) is 15.7. The molecule has 0 spiro atoms. The average Bonchev–Trinajstić information content (AvgIpc) is 3.63. The fourth-order valence-corrected chi connectivity index (χ4v) is 4.86. The number of hydrogen-bond donors (Lipinski definition) is 1. The van der Waals surface area contributed by atoms with Gasteiger partial charge < -0.3 is 19.7 Å². The van der Waals surface area contributed by atoms with E-state index in [9.17, 15) is 9.59 Å². The first-order chi connectivity index (χ1) is 19.0. The van der Waals surface area contributed by atoms with Crippen LogP contribution in [0, 0.1) is 5.82 Å². The lowest BCUT2D eigenvalue weighted by Crippen LogP contribution is -2.46. The molecule has 2 amide bonds. The van der Waals surface area contributed by atoms with Gasteiger partial charge in [-0.2, -0.15) is 0 Å². The molecule has 39 heavy (non-hydrogen) atoms. The van der Waals surface area contributed by atoms with Crippen molar-refractivity contribution >= 4 is 22.8 Å². The Balaban J connectivity index is 1.53. The Labute approximate surface area is 225 Å². The number of para-hydroxylation sites is 2. The van der Waals surface area contributed by atoms with Gasteiger partial charge in [-0.05, 0) is 37.1 Å². The molecule has 1 fully saturated rings. The van der Waals surface area contributed by atoms with Gasteiger partial charge in [-0.1, -0.05) is 53.7 Å². The van der Waals surface area contributed by atoms with Crippen molar-refractivity contribution in [3.63, 3.8) is 0 Å². The van der Waals surface area contributed by atoms with Crippen molar-refractivity contribution < 1.29 is 23.5 Å². The Bertz CT molecular complexity index is 1450. The van der Waals surface area contributed by atoms with Crippen LogP contribution in [-0.4, -0.2) is 58.1 Å². The molecule has 9 nitrogen and oxygen atoms in total. The minimum Gasteiger partial charge on any atom is -0.496 e. The zero-order chi connectivity index (χ0) is 27.2. The maximum atomic E-state index is 15.2. The lowest BCUT2D eigenvalue weighted by Gasteiger charge is -2.32. The van der Waals surface area contributed by atoms with Crippen molar-refractivity contribution in [2.75, 3.05) is 20.3 Å². The van der Waals surface area contributed by atoms with Gasteiger partial charge in [-0.15, -0.1) is 5.10 Å². The minimum absolute atomic E-state index is 0.00181. The highest BCUT2D eigenvalue weighted by Gasteiger charge is 2.35. The van der Waals surface area contributed by atoms with E-state index in [2.05, 4.69) is 15.6 Å². The van der Waals surface area contributed by atoms with Crippen LogP contribution in [0.15, 0.2) is 72.8 Å². The monoisotopic (exact) mass is 531 g/mol. The summed E-state index contributed by atoms with van der Waals surface area (Å²) in [4.78, 5) is 29.2. The standard InChI is InChI=1S/C29H30FN5O4/c1-38-26-15-7-2-9-20(26)18-34(27(36)19-35-25-14-6-5-13-24(25)32-33-35)28(22-11-3-4-12-23(22)30)29(37)31-17-21-10-8-16-39-21/h2-7,9,11-15,21,28H,8,10,16-19H2,1H3,(H,31,37)/t21-,28+/m0/s1. The Hall–Kier alpha value is -4.31. The second-order valence-electron chi connectivity index (χ2n) is 9.37. The third kappa shape index (κ3) is 5.91. The third-order valence-electron chi connectivity index (χ3n) is 6.85. The van der Waals surface area contributed by atoms with Gasteiger partial charge in [0.15, 0.2) is 0 Å². The summed E-state index contributed by atoms with van der Waals surface area (Å²) in [5.74, 6) is -0.966. The fourth-order valence-electron chi connectivity index (χ4n) is 4.86. The zero-order valence-electron chi connectivity index (χ0n) is 21.6. The highest BCUT2D eigenvalue weighted by atomic mass is 19.1. The number of hydrogen-bond acceptors (Lipinski definition) is 6. The molecule has 10 heteroatoms.